The molecule has 0 saturated heterocycles. The van der Waals surface area contributed by atoms with E-state index in [4.69, 9.17) is 11.6 Å². The van der Waals surface area contributed by atoms with Crippen LogP contribution in [0.1, 0.15) is 30.8 Å². The Balaban J connectivity index is 1.87. The van der Waals surface area contributed by atoms with Gasteiger partial charge in [0.2, 0.25) is 0 Å². The van der Waals surface area contributed by atoms with Gasteiger partial charge >= 0.3 is 0 Å². The number of benzene rings is 1. The highest BCUT2D eigenvalue weighted by atomic mass is 16.3. The van der Waals surface area contributed by atoms with E-state index < -0.39 is 5.60 Å². The molecule has 5 N–H and O–H groups in total. The van der Waals surface area contributed by atoms with Crippen LogP contribution in [0.3, 0.4) is 0 Å². The Morgan fingerprint density at radius 1 is 1.15 bits per heavy atom. The van der Waals surface area contributed by atoms with Gasteiger partial charge in [0.15, 0.2) is 0 Å². The maximum absolute atomic E-state index is 10.1. The smallest absolute Gasteiger partial charge is 0.124 e. The Hall–Kier alpha value is -3.32. The average Bonchev–Trinajstić information content (AvgIpc) is 2.64. The minimum atomic E-state index is -1.00. The van der Waals surface area contributed by atoms with E-state index in [1.54, 1.807) is 32.2 Å². The number of nitrogens with zero attached hydrogens (tertiary/aromatic N) is 4. The molecule has 0 saturated carbocycles. The Bertz CT molecular complexity index is 1020. The molecule has 0 aliphatic carbocycles. The highest BCUT2D eigenvalue weighted by molar-refractivity contribution is 6.40. The minimum Gasteiger partial charge on any atom is -0.384 e. The second-order valence-electron chi connectivity index (χ2n) is 6.67. The predicted molar refractivity (Wildman–Crippen MR) is 109 cm³/mol. The molecule has 0 bridgehead atoms. The molecule has 138 valence electrons. The number of hydrogen-bond acceptors (Lipinski definition) is 7. The van der Waals surface area contributed by atoms with E-state index in [1.165, 1.54) is 0 Å². The molecule has 0 aliphatic heterocycles. The topological polar surface area (TPSA) is 123 Å². The fraction of sp³-hybridized carbons (Fsp3) is 0.200. The second kappa shape index (κ2) is 7.51. The number of nitrogen functional groups attached to an aromatic ring is 1. The summed E-state index contributed by atoms with van der Waals surface area (Å²) >= 11 is 0. The zero-order valence-corrected chi connectivity index (χ0v) is 15.3. The molecule has 0 spiro atoms. The average molecular weight is 362 g/mol. The van der Waals surface area contributed by atoms with Crippen LogP contribution < -0.4 is 11.6 Å². The molecule has 1 aromatic carbocycles. The summed E-state index contributed by atoms with van der Waals surface area (Å²) in [5.74, 6) is 5.98. The molecule has 2 aromatic heterocycles. The lowest BCUT2D eigenvalue weighted by Crippen LogP contribution is -2.18. The monoisotopic (exact) mass is 362 g/mol. The lowest BCUT2D eigenvalue weighted by molar-refractivity contribution is 0.0736. The van der Waals surface area contributed by atoms with E-state index in [9.17, 15) is 5.11 Å². The molecule has 0 amide bonds. The van der Waals surface area contributed by atoms with Crippen LogP contribution in [0.15, 0.2) is 58.6 Å². The lowest BCUT2D eigenvalue weighted by atomic mass is 10.0. The van der Waals surface area contributed by atoms with Crippen LogP contribution in [0.5, 0.6) is 0 Å². The number of fused-ring (bicyclic) bond motifs is 1. The SMILES string of the molecule is CC(C)(O)c1cccc(CN=CC(=NN)c2cc(N)nc3ccccc23)n1. The zero-order chi connectivity index (χ0) is 19.4. The first kappa shape index (κ1) is 18.5. The summed E-state index contributed by atoms with van der Waals surface area (Å²) in [6, 6.07) is 14.8. The van der Waals surface area contributed by atoms with E-state index in [1.807, 2.05) is 36.4 Å². The number of para-hydroxylation sites is 1. The maximum Gasteiger partial charge on any atom is 0.124 e. The largest absolute Gasteiger partial charge is 0.384 e. The summed E-state index contributed by atoms with van der Waals surface area (Å²) in [6.07, 6.45) is 1.60. The molecule has 0 atom stereocenters. The fourth-order valence-corrected chi connectivity index (χ4v) is 2.71. The van der Waals surface area contributed by atoms with Gasteiger partial charge in [0, 0.05) is 17.2 Å². The molecule has 7 nitrogen and oxygen atoms in total. The van der Waals surface area contributed by atoms with E-state index >= 15 is 0 Å². The third kappa shape index (κ3) is 4.27. The first-order valence-corrected chi connectivity index (χ1v) is 8.50. The number of aliphatic imine (C=N–C) groups is 1. The Morgan fingerprint density at radius 2 is 1.93 bits per heavy atom. The van der Waals surface area contributed by atoms with Crippen LogP contribution in [0.25, 0.3) is 10.9 Å². The summed E-state index contributed by atoms with van der Waals surface area (Å²) in [4.78, 5) is 13.2. The third-order valence-electron chi connectivity index (χ3n) is 4.05. The number of aliphatic hydroxyl groups is 1. The van der Waals surface area contributed by atoms with Gasteiger partial charge in [-0.05, 0) is 38.1 Å². The number of aromatic nitrogens is 2. The second-order valence-corrected chi connectivity index (χ2v) is 6.67. The van der Waals surface area contributed by atoms with E-state index in [-0.39, 0.29) is 0 Å². The summed E-state index contributed by atoms with van der Waals surface area (Å²) in [7, 11) is 0. The van der Waals surface area contributed by atoms with Crippen LogP contribution >= 0.6 is 0 Å². The molecule has 3 aromatic rings. The Morgan fingerprint density at radius 3 is 2.67 bits per heavy atom. The molecule has 0 radical (unpaired) electrons. The minimum absolute atomic E-state index is 0.335. The molecule has 27 heavy (non-hydrogen) atoms. The normalized spacial score (nSPS) is 12.8. The molecular weight excluding hydrogens is 340 g/mol. The Kier molecular flexibility index (Phi) is 5.14. The number of anilines is 1. The van der Waals surface area contributed by atoms with Crippen LogP contribution in [0, 0.1) is 0 Å². The van der Waals surface area contributed by atoms with Crippen LogP contribution in [0.4, 0.5) is 5.82 Å². The summed E-state index contributed by atoms with van der Waals surface area (Å²) < 4.78 is 0. The maximum atomic E-state index is 10.1. The van der Waals surface area contributed by atoms with Crippen molar-refractivity contribution in [1.82, 2.24) is 9.97 Å². The van der Waals surface area contributed by atoms with Crippen molar-refractivity contribution in [2.75, 3.05) is 5.73 Å². The van der Waals surface area contributed by atoms with Crippen LogP contribution in [-0.4, -0.2) is 27.0 Å². The number of hydrazone groups is 1. The third-order valence-corrected chi connectivity index (χ3v) is 4.05. The lowest BCUT2D eigenvalue weighted by Gasteiger charge is -2.16. The van der Waals surface area contributed by atoms with Gasteiger partial charge in [0.25, 0.3) is 0 Å². The van der Waals surface area contributed by atoms with E-state index in [0.29, 0.717) is 23.8 Å². The molecule has 7 heteroatoms. The highest BCUT2D eigenvalue weighted by Crippen LogP contribution is 2.20. The van der Waals surface area contributed by atoms with Gasteiger partial charge in [-0.3, -0.25) is 9.98 Å². The van der Waals surface area contributed by atoms with Gasteiger partial charge in [-0.15, -0.1) is 0 Å². The van der Waals surface area contributed by atoms with Crippen molar-refractivity contribution < 1.29 is 5.11 Å². The van der Waals surface area contributed by atoms with Crippen molar-refractivity contribution in [3.05, 3.63) is 65.5 Å². The number of pyridine rings is 2. The van der Waals surface area contributed by atoms with Crippen molar-refractivity contribution in [2.24, 2.45) is 15.9 Å². The predicted octanol–water partition coefficient (Wildman–Crippen LogP) is 2.37. The molecule has 0 fully saturated rings. The molecule has 3 rings (SSSR count). The fourth-order valence-electron chi connectivity index (χ4n) is 2.71. The number of hydrogen-bond donors (Lipinski definition) is 3. The van der Waals surface area contributed by atoms with Gasteiger partial charge in [0.05, 0.1) is 23.4 Å². The van der Waals surface area contributed by atoms with Gasteiger partial charge in [-0.25, -0.2) is 4.98 Å². The first-order chi connectivity index (χ1) is 12.9. The van der Waals surface area contributed by atoms with Crippen molar-refractivity contribution in [3.8, 4) is 0 Å². The van der Waals surface area contributed by atoms with Gasteiger partial charge in [-0.1, -0.05) is 24.3 Å². The van der Waals surface area contributed by atoms with Crippen LogP contribution in [0.2, 0.25) is 0 Å². The quantitative estimate of drug-likeness (QED) is 0.365. The zero-order valence-electron chi connectivity index (χ0n) is 15.3. The Labute approximate surface area is 157 Å². The molecule has 0 aliphatic rings. The summed E-state index contributed by atoms with van der Waals surface area (Å²) in [5.41, 5.74) is 8.27. The summed E-state index contributed by atoms with van der Waals surface area (Å²) in [5, 5.41) is 14.8. The van der Waals surface area contributed by atoms with Crippen molar-refractivity contribution in [3.63, 3.8) is 0 Å². The van der Waals surface area contributed by atoms with Crippen molar-refractivity contribution >= 4 is 28.6 Å². The summed E-state index contributed by atoms with van der Waals surface area (Å²) in [6.45, 7) is 3.72. The number of rotatable bonds is 5. The van der Waals surface area contributed by atoms with Crippen molar-refractivity contribution in [2.45, 2.75) is 26.0 Å². The molecule has 0 unspecified atom stereocenters. The standard InChI is InChI=1S/C20H22N6O/c1-20(2,27)18-9-5-6-13(24-18)11-23-12-17(26-22)15-10-19(21)25-16-8-4-3-7-14(15)16/h3-10,12,27H,11,22H2,1-2H3,(H2,21,25). The van der Waals surface area contributed by atoms with Gasteiger partial charge < -0.3 is 16.7 Å². The van der Waals surface area contributed by atoms with E-state index in [0.717, 1.165) is 22.2 Å². The highest BCUT2D eigenvalue weighted by Gasteiger charge is 2.17. The number of nitrogens with two attached hydrogens (primary N) is 2. The van der Waals surface area contributed by atoms with Crippen LogP contribution in [-0.2, 0) is 12.1 Å². The molecular formula is C20H22N6O. The first-order valence-electron chi connectivity index (χ1n) is 8.50. The van der Waals surface area contributed by atoms with Gasteiger partial charge in [0.1, 0.15) is 17.1 Å². The van der Waals surface area contributed by atoms with Crippen molar-refractivity contribution in [1.29, 1.82) is 0 Å². The van der Waals surface area contributed by atoms with Gasteiger partial charge in [-0.2, -0.15) is 5.10 Å². The molecule has 2 heterocycles. The van der Waals surface area contributed by atoms with E-state index in [2.05, 4.69) is 20.1 Å².